The van der Waals surface area contributed by atoms with Gasteiger partial charge in [0.15, 0.2) is 0 Å². The number of Topliss-reactive ketones (excluding diaryl/α,β-unsaturated/α-hetero) is 1. The summed E-state index contributed by atoms with van der Waals surface area (Å²) in [6.45, 7) is 11.8. The molecule has 1 saturated heterocycles. The fourth-order valence-corrected chi connectivity index (χ4v) is 8.99. The Balaban J connectivity index is 1.43. The smallest absolute Gasteiger partial charge is 0.410 e. The maximum absolute atomic E-state index is 15.2. The van der Waals surface area contributed by atoms with Crippen molar-refractivity contribution < 1.29 is 41.9 Å². The van der Waals surface area contributed by atoms with Gasteiger partial charge in [0.25, 0.3) is 5.91 Å². The minimum Gasteiger partial charge on any atom is -0.444 e. The topological polar surface area (TPSA) is 204 Å². The van der Waals surface area contributed by atoms with Gasteiger partial charge in [0.2, 0.25) is 27.6 Å². The number of carbonyl (C=O) groups excluding carboxylic acids is 6. The molecule has 0 radical (unpaired) electrons. The molecular weight excluding hydrogens is 803 g/mol. The number of sulfonamides is 1. The molecule has 2 unspecified atom stereocenters. The molecule has 61 heavy (non-hydrogen) atoms. The van der Waals surface area contributed by atoms with E-state index in [1.54, 1.807) is 4.90 Å². The molecule has 1 saturated carbocycles. The molecule has 2 aliphatic heterocycles. The van der Waals surface area contributed by atoms with E-state index in [1.807, 2.05) is 64.1 Å². The zero-order chi connectivity index (χ0) is 44.7. The van der Waals surface area contributed by atoms with Crippen LogP contribution in [0.5, 0.6) is 0 Å². The van der Waals surface area contributed by atoms with E-state index in [9.17, 15) is 32.4 Å². The maximum atomic E-state index is 15.2. The number of urea groups is 1. The van der Waals surface area contributed by atoms with Gasteiger partial charge in [0.05, 0.1) is 18.8 Å². The van der Waals surface area contributed by atoms with Crippen molar-refractivity contribution in [3.63, 3.8) is 0 Å². The van der Waals surface area contributed by atoms with Gasteiger partial charge < -0.3 is 35.8 Å². The largest absolute Gasteiger partial charge is 0.444 e. The van der Waals surface area contributed by atoms with Crippen LogP contribution in [0.2, 0.25) is 0 Å². The number of amides is 6. The first kappa shape index (κ1) is 47.3. The molecule has 16 nitrogen and oxygen atoms in total. The van der Waals surface area contributed by atoms with Crippen LogP contribution in [0.25, 0.3) is 0 Å². The Morgan fingerprint density at radius 1 is 1.03 bits per heavy atom. The molecule has 17 heteroatoms. The van der Waals surface area contributed by atoms with Gasteiger partial charge >= 0.3 is 12.1 Å². The van der Waals surface area contributed by atoms with Crippen LogP contribution >= 0.6 is 0 Å². The zero-order valence-electron chi connectivity index (χ0n) is 36.5. The zero-order valence-corrected chi connectivity index (χ0v) is 37.4. The number of likely N-dealkylation sites (tertiary alicyclic amines) is 1. The molecule has 5 rings (SSSR count). The molecule has 2 heterocycles. The summed E-state index contributed by atoms with van der Waals surface area (Å²) in [5.41, 5.74) is 0.839. The van der Waals surface area contributed by atoms with Crippen LogP contribution in [0.15, 0.2) is 49.1 Å². The number of benzene rings is 1. The van der Waals surface area contributed by atoms with E-state index in [0.29, 0.717) is 38.8 Å². The van der Waals surface area contributed by atoms with Crippen molar-refractivity contribution in [1.82, 2.24) is 35.4 Å². The van der Waals surface area contributed by atoms with Crippen molar-refractivity contribution in [2.45, 2.75) is 122 Å². The van der Waals surface area contributed by atoms with E-state index in [-0.39, 0.29) is 38.4 Å². The number of ketones is 1. The lowest BCUT2D eigenvalue weighted by Crippen LogP contribution is -2.63. The summed E-state index contributed by atoms with van der Waals surface area (Å²) in [6, 6.07) is 2.97. The predicted octanol–water partition coefficient (Wildman–Crippen LogP) is 3.42. The predicted molar refractivity (Wildman–Crippen MR) is 230 cm³/mol. The van der Waals surface area contributed by atoms with Gasteiger partial charge in [-0.3, -0.25) is 19.2 Å². The second-order valence-electron chi connectivity index (χ2n) is 18.5. The average Bonchev–Trinajstić information content (AvgIpc) is 3.62. The molecule has 6 amide bonds. The van der Waals surface area contributed by atoms with Crippen molar-refractivity contribution in [1.29, 1.82) is 0 Å². The molecular formula is C44H65N7O9S. The lowest BCUT2D eigenvalue weighted by Gasteiger charge is -2.43. The number of allylic oxidation sites excluding steroid dienone is 2. The molecule has 1 aromatic carbocycles. The Morgan fingerprint density at radius 3 is 2.31 bits per heavy atom. The number of hydrogen-bond donors (Lipinski definition) is 4. The monoisotopic (exact) mass is 867 g/mol. The molecule has 1 aromatic rings. The van der Waals surface area contributed by atoms with E-state index in [1.165, 1.54) is 18.0 Å². The number of hydrogen-bond acceptors (Lipinski definition) is 9. The highest BCUT2D eigenvalue weighted by Gasteiger charge is 2.50. The van der Waals surface area contributed by atoms with Gasteiger partial charge in [0.1, 0.15) is 18.2 Å². The molecule has 0 aromatic heterocycles. The lowest BCUT2D eigenvalue weighted by atomic mass is 9.70. The first-order chi connectivity index (χ1) is 28.7. The summed E-state index contributed by atoms with van der Waals surface area (Å²) < 4.78 is 31.9. The Hall–Kier alpha value is -4.77. The van der Waals surface area contributed by atoms with Crippen LogP contribution < -0.4 is 21.3 Å². The Labute approximate surface area is 360 Å². The van der Waals surface area contributed by atoms with Gasteiger partial charge in [-0.05, 0) is 60.0 Å². The summed E-state index contributed by atoms with van der Waals surface area (Å²) in [7, 11) is -2.14. The van der Waals surface area contributed by atoms with E-state index in [0.717, 1.165) is 41.0 Å². The number of ether oxygens (including phenoxy) is 1. The van der Waals surface area contributed by atoms with Gasteiger partial charge in [-0.1, -0.05) is 89.5 Å². The Bertz CT molecular complexity index is 1960. The van der Waals surface area contributed by atoms with Crippen LogP contribution in [0, 0.1) is 16.7 Å². The van der Waals surface area contributed by atoms with Gasteiger partial charge in [-0.2, -0.15) is 0 Å². The third-order valence-electron chi connectivity index (χ3n) is 12.7. The van der Waals surface area contributed by atoms with Crippen molar-refractivity contribution >= 4 is 45.7 Å². The van der Waals surface area contributed by atoms with Crippen LogP contribution in [0.4, 0.5) is 9.59 Å². The van der Waals surface area contributed by atoms with Crippen LogP contribution in [-0.4, -0.2) is 128 Å². The molecule has 4 aliphatic rings. The number of fused-ring (bicyclic) bond motifs is 1. The van der Waals surface area contributed by atoms with E-state index < -0.39 is 86.8 Å². The standard InChI is InChI=1S/C44H65N7O9S/c1-8-22-45-39(54)36(52)33(24-29-15-14-16-29)46-38(53)34-25-32(60-42(57)50-23-19-30-17-10-11-18-31(30)26-50)27-51(34)40(55)37(44(5)20-12-9-13-21-44)48-41(56)47-35(43(2,3)4)28-49(6)61(7,58)59/h8,10-11,14-15,17-18,29,32-35,37H,1,9,12-13,16,19-28H2,2-7H3,(H,45,54)(H,46,53)(H2,47,48,56)/t29?,32-,33?,34+,35-,37-/m1/s1. The number of nitrogens with zero attached hydrogens (tertiary/aromatic N) is 3. The maximum Gasteiger partial charge on any atom is 0.410 e. The number of nitrogens with one attached hydrogen (secondary N) is 4. The molecule has 0 bridgehead atoms. The summed E-state index contributed by atoms with van der Waals surface area (Å²) in [6.07, 6.45) is 10.1. The van der Waals surface area contributed by atoms with Gasteiger partial charge in [-0.25, -0.2) is 22.3 Å². The van der Waals surface area contributed by atoms with Gasteiger partial charge in [-0.15, -0.1) is 6.58 Å². The van der Waals surface area contributed by atoms with Crippen molar-refractivity contribution in [2.24, 2.45) is 16.7 Å². The third-order valence-corrected chi connectivity index (χ3v) is 14.0. The number of carbonyl (C=O) groups is 6. The lowest BCUT2D eigenvalue weighted by molar-refractivity contribution is -0.144. The Morgan fingerprint density at radius 2 is 1.70 bits per heavy atom. The molecule has 336 valence electrons. The van der Waals surface area contributed by atoms with E-state index in [4.69, 9.17) is 4.74 Å². The minimum atomic E-state index is -3.57. The first-order valence-corrected chi connectivity index (χ1v) is 23.3. The van der Waals surface area contributed by atoms with Crippen molar-refractivity contribution in [2.75, 3.05) is 39.5 Å². The Kier molecular flexibility index (Phi) is 15.5. The molecule has 2 fully saturated rings. The third kappa shape index (κ3) is 12.2. The second kappa shape index (κ2) is 20.0. The SMILES string of the molecule is C=CCNC(=O)C(=O)C(CC1C=CC1)NC(=O)[C@@H]1C[C@@H](OC(=O)N2CCc3ccccc3C2)CN1C(=O)[C@@H](NC(=O)N[C@H](CN(C)S(C)(=O)=O)C(C)(C)C)C1(C)CCCCC1. The average molecular weight is 868 g/mol. The fraction of sp³-hybridized carbons (Fsp3) is 0.636. The summed E-state index contributed by atoms with van der Waals surface area (Å²) in [4.78, 5) is 86.7. The summed E-state index contributed by atoms with van der Waals surface area (Å²) in [5, 5.41) is 11.2. The normalized spacial score (nSPS) is 22.4. The number of likely N-dealkylation sites (N-methyl/N-ethyl adjacent to an activating group) is 1. The first-order valence-electron chi connectivity index (χ1n) is 21.4. The van der Waals surface area contributed by atoms with Crippen LogP contribution in [0.3, 0.4) is 0 Å². The van der Waals surface area contributed by atoms with Crippen LogP contribution in [0.1, 0.15) is 90.2 Å². The van der Waals surface area contributed by atoms with Crippen molar-refractivity contribution in [3.8, 4) is 0 Å². The highest BCUT2D eigenvalue weighted by molar-refractivity contribution is 7.88. The highest BCUT2D eigenvalue weighted by atomic mass is 32.2. The molecule has 2 aliphatic carbocycles. The molecule has 6 atom stereocenters. The summed E-state index contributed by atoms with van der Waals surface area (Å²) >= 11 is 0. The molecule has 4 N–H and O–H groups in total. The molecule has 0 spiro atoms. The van der Waals surface area contributed by atoms with Crippen LogP contribution in [-0.2, 0) is 46.9 Å². The minimum absolute atomic E-state index is 0.0161. The fourth-order valence-electron chi connectivity index (χ4n) is 8.57. The van der Waals surface area contributed by atoms with E-state index >= 15 is 4.79 Å². The number of rotatable bonds is 16. The summed E-state index contributed by atoms with van der Waals surface area (Å²) in [5.74, 6) is -3.00. The second-order valence-corrected chi connectivity index (χ2v) is 20.6. The highest BCUT2D eigenvalue weighted by Crippen LogP contribution is 2.40. The van der Waals surface area contributed by atoms with Gasteiger partial charge in [0, 0.05) is 45.7 Å². The quantitative estimate of drug-likeness (QED) is 0.142. The van der Waals surface area contributed by atoms with E-state index in [2.05, 4.69) is 27.8 Å². The van der Waals surface area contributed by atoms with Crippen molar-refractivity contribution in [3.05, 3.63) is 60.2 Å².